The number of rotatable bonds is 3. The van der Waals surface area contributed by atoms with E-state index in [-0.39, 0.29) is 0 Å². The highest BCUT2D eigenvalue weighted by molar-refractivity contribution is 4.95. The Morgan fingerprint density at radius 2 is 2.40 bits per heavy atom. The van der Waals surface area contributed by atoms with Crippen molar-refractivity contribution in [3.05, 3.63) is 18.2 Å². The van der Waals surface area contributed by atoms with Gasteiger partial charge in [0.25, 0.3) is 0 Å². The van der Waals surface area contributed by atoms with E-state index in [0.29, 0.717) is 0 Å². The maximum atomic E-state index is 4.44. The quantitative estimate of drug-likeness (QED) is 0.817. The molecule has 15 heavy (non-hydrogen) atoms. The molecule has 0 aliphatic carbocycles. The molecular formula is C12H21N3. The van der Waals surface area contributed by atoms with E-state index in [1.807, 2.05) is 6.20 Å². The van der Waals surface area contributed by atoms with Crippen molar-refractivity contribution in [2.24, 2.45) is 11.8 Å². The molecule has 0 bridgehead atoms. The smallest absolute Gasteiger partial charge is 0.108 e. The van der Waals surface area contributed by atoms with Gasteiger partial charge >= 0.3 is 0 Å². The average Bonchev–Trinajstić information content (AvgIpc) is 2.65. The SMILES string of the molecule is CCn1ccnc1CC1CNCC(C)C1. The van der Waals surface area contributed by atoms with Crippen molar-refractivity contribution < 1.29 is 0 Å². The summed E-state index contributed by atoms with van der Waals surface area (Å²) in [5.41, 5.74) is 0. The van der Waals surface area contributed by atoms with Crippen molar-refractivity contribution in [1.82, 2.24) is 14.9 Å². The molecule has 0 saturated carbocycles. The normalized spacial score (nSPS) is 26.8. The topological polar surface area (TPSA) is 29.9 Å². The van der Waals surface area contributed by atoms with Crippen LogP contribution in [0.25, 0.3) is 0 Å². The molecule has 1 N–H and O–H groups in total. The third-order valence-electron chi connectivity index (χ3n) is 3.28. The average molecular weight is 207 g/mol. The fourth-order valence-corrected chi connectivity index (χ4v) is 2.50. The molecule has 2 rings (SSSR count). The summed E-state index contributed by atoms with van der Waals surface area (Å²) in [6.07, 6.45) is 6.45. The van der Waals surface area contributed by atoms with E-state index < -0.39 is 0 Å². The van der Waals surface area contributed by atoms with Crippen LogP contribution in [0.2, 0.25) is 0 Å². The molecule has 1 aliphatic rings. The van der Waals surface area contributed by atoms with Crippen LogP contribution in [0.5, 0.6) is 0 Å². The monoisotopic (exact) mass is 207 g/mol. The number of nitrogens with one attached hydrogen (secondary N) is 1. The lowest BCUT2D eigenvalue weighted by Gasteiger charge is -2.27. The highest BCUT2D eigenvalue weighted by atomic mass is 15.1. The molecule has 3 heteroatoms. The van der Waals surface area contributed by atoms with E-state index in [4.69, 9.17) is 0 Å². The Kier molecular flexibility index (Phi) is 3.41. The first-order chi connectivity index (χ1) is 7.29. The summed E-state index contributed by atoms with van der Waals surface area (Å²) in [4.78, 5) is 4.44. The van der Waals surface area contributed by atoms with Gasteiger partial charge in [0.05, 0.1) is 0 Å². The van der Waals surface area contributed by atoms with Crippen LogP contribution in [0.15, 0.2) is 12.4 Å². The lowest BCUT2D eigenvalue weighted by molar-refractivity contribution is 0.296. The summed E-state index contributed by atoms with van der Waals surface area (Å²) < 4.78 is 2.25. The predicted octanol–water partition coefficient (Wildman–Crippen LogP) is 1.69. The van der Waals surface area contributed by atoms with Gasteiger partial charge in [-0.05, 0) is 38.3 Å². The number of aromatic nitrogens is 2. The largest absolute Gasteiger partial charge is 0.335 e. The molecule has 1 aliphatic heterocycles. The zero-order valence-corrected chi connectivity index (χ0v) is 9.74. The third kappa shape index (κ3) is 2.59. The van der Waals surface area contributed by atoms with Crippen molar-refractivity contribution in [2.75, 3.05) is 13.1 Å². The van der Waals surface area contributed by atoms with Gasteiger partial charge in [-0.3, -0.25) is 0 Å². The molecule has 1 fully saturated rings. The lowest BCUT2D eigenvalue weighted by Crippen LogP contribution is -2.36. The van der Waals surface area contributed by atoms with Crippen LogP contribution in [0.4, 0.5) is 0 Å². The van der Waals surface area contributed by atoms with Gasteiger partial charge in [-0.2, -0.15) is 0 Å². The first kappa shape index (κ1) is 10.7. The van der Waals surface area contributed by atoms with Crippen molar-refractivity contribution in [3.8, 4) is 0 Å². The Morgan fingerprint density at radius 1 is 1.53 bits per heavy atom. The Morgan fingerprint density at radius 3 is 3.13 bits per heavy atom. The molecule has 1 aromatic heterocycles. The molecule has 0 spiro atoms. The van der Waals surface area contributed by atoms with Crippen LogP contribution in [0.1, 0.15) is 26.1 Å². The van der Waals surface area contributed by atoms with E-state index in [9.17, 15) is 0 Å². The second kappa shape index (κ2) is 4.79. The van der Waals surface area contributed by atoms with Crippen LogP contribution >= 0.6 is 0 Å². The molecule has 0 radical (unpaired) electrons. The van der Waals surface area contributed by atoms with E-state index >= 15 is 0 Å². The molecular weight excluding hydrogens is 186 g/mol. The van der Waals surface area contributed by atoms with Gasteiger partial charge < -0.3 is 9.88 Å². The van der Waals surface area contributed by atoms with Crippen LogP contribution in [0.3, 0.4) is 0 Å². The molecule has 2 atom stereocenters. The third-order valence-corrected chi connectivity index (χ3v) is 3.28. The molecule has 1 aromatic rings. The van der Waals surface area contributed by atoms with Crippen molar-refractivity contribution >= 4 is 0 Å². The summed E-state index contributed by atoms with van der Waals surface area (Å²) >= 11 is 0. The fourth-order valence-electron chi connectivity index (χ4n) is 2.50. The van der Waals surface area contributed by atoms with Crippen molar-refractivity contribution in [1.29, 1.82) is 0 Å². The van der Waals surface area contributed by atoms with Gasteiger partial charge in [-0.15, -0.1) is 0 Å². The zero-order chi connectivity index (χ0) is 10.7. The van der Waals surface area contributed by atoms with Gasteiger partial charge in [0.2, 0.25) is 0 Å². The predicted molar refractivity (Wildman–Crippen MR) is 61.7 cm³/mol. The van der Waals surface area contributed by atoms with E-state index in [2.05, 4.69) is 34.9 Å². The van der Waals surface area contributed by atoms with Crippen molar-refractivity contribution in [2.45, 2.75) is 33.2 Å². The number of aryl methyl sites for hydroxylation is 1. The van der Waals surface area contributed by atoms with Gasteiger partial charge in [-0.25, -0.2) is 4.98 Å². The maximum Gasteiger partial charge on any atom is 0.108 e. The minimum atomic E-state index is 0.765. The highest BCUT2D eigenvalue weighted by Crippen LogP contribution is 2.19. The second-order valence-electron chi connectivity index (χ2n) is 4.70. The van der Waals surface area contributed by atoms with Crippen molar-refractivity contribution in [3.63, 3.8) is 0 Å². The molecule has 2 unspecified atom stereocenters. The summed E-state index contributed by atoms with van der Waals surface area (Å²) in [7, 11) is 0. The molecule has 0 aromatic carbocycles. The Balaban J connectivity index is 1.96. The van der Waals surface area contributed by atoms with E-state index in [1.54, 1.807) is 0 Å². The van der Waals surface area contributed by atoms with E-state index in [1.165, 1.54) is 18.8 Å². The number of hydrogen-bond donors (Lipinski definition) is 1. The molecule has 3 nitrogen and oxygen atoms in total. The molecule has 84 valence electrons. The number of hydrogen-bond acceptors (Lipinski definition) is 2. The first-order valence-corrected chi connectivity index (χ1v) is 6.00. The minimum Gasteiger partial charge on any atom is -0.335 e. The second-order valence-corrected chi connectivity index (χ2v) is 4.70. The van der Waals surface area contributed by atoms with Crippen LogP contribution in [-0.4, -0.2) is 22.6 Å². The number of imidazole rings is 1. The highest BCUT2D eigenvalue weighted by Gasteiger charge is 2.20. The zero-order valence-electron chi connectivity index (χ0n) is 9.74. The fraction of sp³-hybridized carbons (Fsp3) is 0.750. The number of nitrogens with zero attached hydrogens (tertiary/aromatic N) is 2. The Hall–Kier alpha value is -0.830. The van der Waals surface area contributed by atoms with Crippen LogP contribution in [0, 0.1) is 11.8 Å². The minimum absolute atomic E-state index is 0.765. The van der Waals surface area contributed by atoms with E-state index in [0.717, 1.165) is 31.3 Å². The standard InChI is InChI=1S/C12H21N3/c1-3-15-5-4-14-12(15)7-11-6-10(2)8-13-9-11/h4-5,10-11,13H,3,6-9H2,1-2H3. The molecule has 2 heterocycles. The van der Waals surface area contributed by atoms with Gasteiger partial charge in [0.1, 0.15) is 5.82 Å². The Labute approximate surface area is 91.9 Å². The van der Waals surface area contributed by atoms with Gasteiger partial charge in [0, 0.05) is 25.4 Å². The molecule has 1 saturated heterocycles. The maximum absolute atomic E-state index is 4.44. The first-order valence-electron chi connectivity index (χ1n) is 6.00. The summed E-state index contributed by atoms with van der Waals surface area (Å²) in [6, 6.07) is 0. The summed E-state index contributed by atoms with van der Waals surface area (Å²) in [6.45, 7) is 7.86. The number of piperidine rings is 1. The summed E-state index contributed by atoms with van der Waals surface area (Å²) in [5, 5.41) is 3.50. The van der Waals surface area contributed by atoms with Crippen LogP contribution < -0.4 is 5.32 Å². The Bertz CT molecular complexity index is 306. The summed E-state index contributed by atoms with van der Waals surface area (Å²) in [5.74, 6) is 2.83. The van der Waals surface area contributed by atoms with Crippen LogP contribution in [-0.2, 0) is 13.0 Å². The lowest BCUT2D eigenvalue weighted by atomic mass is 9.89. The van der Waals surface area contributed by atoms with Gasteiger partial charge in [0.15, 0.2) is 0 Å². The van der Waals surface area contributed by atoms with Gasteiger partial charge in [-0.1, -0.05) is 6.92 Å². The molecule has 0 amide bonds.